The molecule has 2 N–H and O–H groups in total. The Morgan fingerprint density at radius 2 is 1.83 bits per heavy atom. The van der Waals surface area contributed by atoms with Crippen LogP contribution in [0.1, 0.15) is 22.6 Å². The Morgan fingerprint density at radius 1 is 1.04 bits per heavy atom. The van der Waals surface area contributed by atoms with Gasteiger partial charge in [-0.05, 0) is 53.3 Å². The Labute approximate surface area is 139 Å². The standard InChI is InChI=1S/C19H19F3N2/c1-11-6-12(14-4-2-3-5-17(14)19(20,21)22)7-15-16-10-23-8-13(16)9-24-18(11)15/h2-7,13,16,23-24H,8-10H2,1H3/t13-,16-/m0/s1. The van der Waals surface area contributed by atoms with Gasteiger partial charge in [0, 0.05) is 31.2 Å². The van der Waals surface area contributed by atoms with E-state index in [0.29, 0.717) is 17.4 Å². The third kappa shape index (κ3) is 2.47. The van der Waals surface area contributed by atoms with Crippen molar-refractivity contribution in [3.05, 3.63) is 53.1 Å². The van der Waals surface area contributed by atoms with Crippen molar-refractivity contribution in [3.8, 4) is 11.1 Å². The van der Waals surface area contributed by atoms with Gasteiger partial charge < -0.3 is 10.6 Å². The van der Waals surface area contributed by atoms with Crippen molar-refractivity contribution in [2.24, 2.45) is 5.92 Å². The molecule has 1 saturated heterocycles. The minimum atomic E-state index is -4.35. The van der Waals surface area contributed by atoms with Crippen molar-refractivity contribution in [2.75, 3.05) is 25.0 Å². The van der Waals surface area contributed by atoms with Crippen molar-refractivity contribution in [1.82, 2.24) is 5.32 Å². The largest absolute Gasteiger partial charge is 0.417 e. The number of alkyl halides is 3. The molecule has 5 heteroatoms. The maximum absolute atomic E-state index is 13.4. The predicted octanol–water partition coefficient (Wildman–Crippen LogP) is 4.41. The maximum Gasteiger partial charge on any atom is 0.417 e. The van der Waals surface area contributed by atoms with Gasteiger partial charge in [0.15, 0.2) is 0 Å². The highest BCUT2D eigenvalue weighted by atomic mass is 19.4. The minimum Gasteiger partial charge on any atom is -0.384 e. The monoisotopic (exact) mass is 332 g/mol. The summed E-state index contributed by atoms with van der Waals surface area (Å²) in [5, 5.41) is 6.86. The summed E-state index contributed by atoms with van der Waals surface area (Å²) in [4.78, 5) is 0. The number of rotatable bonds is 1. The van der Waals surface area contributed by atoms with Crippen LogP contribution in [-0.4, -0.2) is 19.6 Å². The highest BCUT2D eigenvalue weighted by molar-refractivity contribution is 5.75. The van der Waals surface area contributed by atoms with Crippen molar-refractivity contribution in [2.45, 2.75) is 19.0 Å². The fourth-order valence-corrected chi connectivity index (χ4v) is 4.03. The second-order valence-electron chi connectivity index (χ2n) is 6.71. The van der Waals surface area contributed by atoms with E-state index in [0.717, 1.165) is 42.5 Å². The maximum atomic E-state index is 13.4. The second kappa shape index (κ2) is 5.52. The van der Waals surface area contributed by atoms with Gasteiger partial charge in [-0.25, -0.2) is 0 Å². The van der Waals surface area contributed by atoms with Crippen molar-refractivity contribution in [3.63, 3.8) is 0 Å². The Kier molecular flexibility index (Phi) is 3.57. The van der Waals surface area contributed by atoms with E-state index in [1.165, 1.54) is 6.07 Å². The molecule has 2 aromatic rings. The molecule has 24 heavy (non-hydrogen) atoms. The fraction of sp³-hybridized carbons (Fsp3) is 0.368. The molecular formula is C19H19F3N2. The zero-order chi connectivity index (χ0) is 16.9. The number of fused-ring (bicyclic) bond motifs is 3. The van der Waals surface area contributed by atoms with Gasteiger partial charge in [0.1, 0.15) is 0 Å². The SMILES string of the molecule is Cc1cc(-c2ccccc2C(F)(F)F)cc2c1NC[C@@H]1CNC[C@H]21. The molecule has 0 saturated carbocycles. The van der Waals surface area contributed by atoms with Crippen LogP contribution in [-0.2, 0) is 6.18 Å². The van der Waals surface area contributed by atoms with Crippen LogP contribution >= 0.6 is 0 Å². The number of benzene rings is 2. The molecule has 2 heterocycles. The van der Waals surface area contributed by atoms with E-state index in [4.69, 9.17) is 0 Å². The van der Waals surface area contributed by atoms with Crippen LogP contribution < -0.4 is 10.6 Å². The quantitative estimate of drug-likeness (QED) is 0.808. The van der Waals surface area contributed by atoms with E-state index in [9.17, 15) is 13.2 Å². The lowest BCUT2D eigenvalue weighted by atomic mass is 9.81. The molecule has 2 aliphatic heterocycles. The van der Waals surface area contributed by atoms with Crippen LogP contribution in [0.25, 0.3) is 11.1 Å². The third-order valence-corrected chi connectivity index (χ3v) is 5.19. The molecule has 2 atom stereocenters. The Balaban J connectivity index is 1.87. The molecule has 0 unspecified atom stereocenters. The van der Waals surface area contributed by atoms with Crippen LogP contribution in [0.5, 0.6) is 0 Å². The summed E-state index contributed by atoms with van der Waals surface area (Å²) in [6.07, 6.45) is -4.35. The zero-order valence-corrected chi connectivity index (χ0v) is 13.4. The molecule has 0 aromatic heterocycles. The molecule has 0 amide bonds. The normalized spacial score (nSPS) is 22.7. The molecule has 0 bridgehead atoms. The molecule has 2 aromatic carbocycles. The first-order valence-corrected chi connectivity index (χ1v) is 8.21. The molecule has 1 fully saturated rings. The van der Waals surface area contributed by atoms with Crippen LogP contribution in [0.3, 0.4) is 0 Å². The Morgan fingerprint density at radius 3 is 2.62 bits per heavy atom. The first-order chi connectivity index (χ1) is 11.4. The molecular weight excluding hydrogens is 313 g/mol. The summed E-state index contributed by atoms with van der Waals surface area (Å²) in [7, 11) is 0. The van der Waals surface area contributed by atoms with Gasteiger partial charge in [-0.15, -0.1) is 0 Å². The van der Waals surface area contributed by atoms with E-state index in [2.05, 4.69) is 10.6 Å². The van der Waals surface area contributed by atoms with Crippen LogP contribution in [0, 0.1) is 12.8 Å². The molecule has 0 spiro atoms. The lowest BCUT2D eigenvalue weighted by Gasteiger charge is -2.31. The number of nitrogens with one attached hydrogen (secondary N) is 2. The first kappa shape index (κ1) is 15.5. The third-order valence-electron chi connectivity index (χ3n) is 5.19. The van der Waals surface area contributed by atoms with E-state index in [1.54, 1.807) is 12.1 Å². The lowest BCUT2D eigenvalue weighted by Crippen LogP contribution is -2.27. The summed E-state index contributed by atoms with van der Waals surface area (Å²) in [5.41, 5.74) is 3.56. The fourth-order valence-electron chi connectivity index (χ4n) is 4.03. The smallest absolute Gasteiger partial charge is 0.384 e. The van der Waals surface area contributed by atoms with Gasteiger partial charge in [-0.3, -0.25) is 0 Å². The Bertz CT molecular complexity index is 783. The zero-order valence-electron chi connectivity index (χ0n) is 13.4. The molecule has 2 nitrogen and oxygen atoms in total. The van der Waals surface area contributed by atoms with Gasteiger partial charge in [-0.2, -0.15) is 13.2 Å². The number of hydrogen-bond acceptors (Lipinski definition) is 2. The number of anilines is 1. The first-order valence-electron chi connectivity index (χ1n) is 8.21. The minimum absolute atomic E-state index is 0.254. The van der Waals surface area contributed by atoms with Gasteiger partial charge >= 0.3 is 6.18 Å². The van der Waals surface area contributed by atoms with Gasteiger partial charge in [0.05, 0.1) is 5.56 Å². The van der Waals surface area contributed by atoms with E-state index < -0.39 is 11.7 Å². The number of hydrogen-bond donors (Lipinski definition) is 2. The van der Waals surface area contributed by atoms with E-state index >= 15 is 0 Å². The van der Waals surface area contributed by atoms with Gasteiger partial charge in [0.2, 0.25) is 0 Å². The average molecular weight is 332 g/mol. The predicted molar refractivity (Wildman–Crippen MR) is 89.2 cm³/mol. The van der Waals surface area contributed by atoms with Crippen LogP contribution in [0.15, 0.2) is 36.4 Å². The van der Waals surface area contributed by atoms with Gasteiger partial charge in [-0.1, -0.05) is 18.2 Å². The summed E-state index contributed by atoms with van der Waals surface area (Å²) in [5.74, 6) is 0.878. The summed E-state index contributed by atoms with van der Waals surface area (Å²) in [6.45, 7) is 4.74. The summed E-state index contributed by atoms with van der Waals surface area (Å²) >= 11 is 0. The van der Waals surface area contributed by atoms with Crippen molar-refractivity contribution in [1.29, 1.82) is 0 Å². The molecule has 0 aliphatic carbocycles. The van der Waals surface area contributed by atoms with Crippen LogP contribution in [0.4, 0.5) is 18.9 Å². The summed E-state index contributed by atoms with van der Waals surface area (Å²) in [6, 6.07) is 9.63. The molecule has 0 radical (unpaired) electrons. The molecule has 2 aliphatic rings. The average Bonchev–Trinajstić information content (AvgIpc) is 3.03. The van der Waals surface area contributed by atoms with Gasteiger partial charge in [0.25, 0.3) is 0 Å². The highest BCUT2D eigenvalue weighted by Gasteiger charge is 2.36. The summed E-state index contributed by atoms with van der Waals surface area (Å²) < 4.78 is 40.1. The number of aryl methyl sites for hydroxylation is 1. The van der Waals surface area contributed by atoms with Crippen molar-refractivity contribution < 1.29 is 13.2 Å². The second-order valence-corrected chi connectivity index (χ2v) is 6.71. The molecule has 4 rings (SSSR count). The number of halogens is 3. The molecule has 126 valence electrons. The van der Waals surface area contributed by atoms with Crippen LogP contribution in [0.2, 0.25) is 0 Å². The highest BCUT2D eigenvalue weighted by Crippen LogP contribution is 2.43. The topological polar surface area (TPSA) is 24.1 Å². The lowest BCUT2D eigenvalue weighted by molar-refractivity contribution is -0.137. The van der Waals surface area contributed by atoms with E-state index in [-0.39, 0.29) is 5.56 Å². The van der Waals surface area contributed by atoms with Crippen molar-refractivity contribution >= 4 is 5.69 Å². The Hall–Kier alpha value is -2.01. The van der Waals surface area contributed by atoms with E-state index in [1.807, 2.05) is 19.1 Å².